The second-order valence-corrected chi connectivity index (χ2v) is 7.45. The maximum Gasteiger partial charge on any atom is 0.310 e. The van der Waals surface area contributed by atoms with E-state index in [1.165, 1.54) is 11.4 Å². The smallest absolute Gasteiger partial charge is 0.310 e. The number of methoxy groups -OCH3 is 1. The van der Waals surface area contributed by atoms with Gasteiger partial charge >= 0.3 is 5.97 Å². The summed E-state index contributed by atoms with van der Waals surface area (Å²) in [4.78, 5) is 11.7. The summed E-state index contributed by atoms with van der Waals surface area (Å²) in [5.74, 6) is -1.00. The molecule has 3 atom stereocenters. The molecular weight excluding hydrogens is 270 g/mol. The van der Waals surface area contributed by atoms with Crippen LogP contribution < -0.4 is 0 Å². The van der Waals surface area contributed by atoms with Crippen molar-refractivity contribution in [1.29, 1.82) is 0 Å². The fraction of sp³-hybridized carbons (Fsp3) is 0.917. The van der Waals surface area contributed by atoms with E-state index in [1.54, 1.807) is 0 Å². The predicted octanol–water partition coefficient (Wildman–Crippen LogP) is 0.115. The first-order valence-corrected chi connectivity index (χ1v) is 8.22. The summed E-state index contributed by atoms with van der Waals surface area (Å²) in [7, 11) is -2.24. The lowest BCUT2D eigenvalue weighted by atomic mass is 10.1. The quantitative estimate of drug-likeness (QED) is 0.746. The molecule has 1 aliphatic carbocycles. The van der Waals surface area contributed by atoms with Gasteiger partial charge in [0.1, 0.15) is 0 Å². The van der Waals surface area contributed by atoms with Crippen LogP contribution in [0.15, 0.2) is 0 Å². The Morgan fingerprint density at radius 2 is 2.00 bits per heavy atom. The van der Waals surface area contributed by atoms with Gasteiger partial charge in [0, 0.05) is 13.1 Å². The van der Waals surface area contributed by atoms with Crippen LogP contribution in [-0.2, 0) is 19.6 Å². The molecule has 0 radical (unpaired) electrons. The number of aliphatic hydroxyl groups excluding tert-OH is 1. The molecule has 6 nitrogen and oxygen atoms in total. The first-order valence-electron chi connectivity index (χ1n) is 6.71. The zero-order chi connectivity index (χ0) is 14.0. The lowest BCUT2D eigenvalue weighted by Gasteiger charge is -2.32. The lowest BCUT2D eigenvalue weighted by molar-refractivity contribution is -0.145. The van der Waals surface area contributed by atoms with Crippen LogP contribution in [0, 0.1) is 5.92 Å². The van der Waals surface area contributed by atoms with Crippen LogP contribution in [0.2, 0.25) is 0 Å². The number of carbonyl (C=O) groups is 1. The fourth-order valence-corrected chi connectivity index (χ4v) is 5.32. The zero-order valence-corrected chi connectivity index (χ0v) is 11.9. The highest BCUT2D eigenvalue weighted by atomic mass is 32.2. The number of aliphatic hydroxyl groups is 1. The molecule has 1 saturated carbocycles. The molecule has 2 rings (SSSR count). The molecule has 0 amide bonds. The van der Waals surface area contributed by atoms with Crippen molar-refractivity contribution in [3.8, 4) is 0 Å². The molecule has 110 valence electrons. The van der Waals surface area contributed by atoms with Crippen LogP contribution in [0.4, 0.5) is 0 Å². The first-order chi connectivity index (χ1) is 8.96. The minimum atomic E-state index is -3.53. The number of hydrogen-bond donors (Lipinski definition) is 1. The fourth-order valence-electron chi connectivity index (χ4n) is 3.05. The second kappa shape index (κ2) is 5.76. The van der Waals surface area contributed by atoms with Crippen LogP contribution in [-0.4, -0.2) is 55.4 Å². The van der Waals surface area contributed by atoms with E-state index in [9.17, 15) is 18.3 Å². The Morgan fingerprint density at radius 1 is 1.26 bits per heavy atom. The third-order valence-corrected chi connectivity index (χ3v) is 6.44. The first kappa shape index (κ1) is 14.7. The van der Waals surface area contributed by atoms with E-state index >= 15 is 0 Å². The van der Waals surface area contributed by atoms with E-state index in [0.717, 1.165) is 6.42 Å². The highest BCUT2D eigenvalue weighted by molar-refractivity contribution is 7.89. The van der Waals surface area contributed by atoms with Gasteiger partial charge in [0.2, 0.25) is 10.0 Å². The molecule has 0 bridgehead atoms. The minimum absolute atomic E-state index is 0.146. The van der Waals surface area contributed by atoms with Crippen molar-refractivity contribution in [3.63, 3.8) is 0 Å². The van der Waals surface area contributed by atoms with E-state index in [-0.39, 0.29) is 6.54 Å². The van der Waals surface area contributed by atoms with Crippen molar-refractivity contribution in [2.45, 2.75) is 43.5 Å². The van der Waals surface area contributed by atoms with Crippen molar-refractivity contribution in [2.75, 3.05) is 20.2 Å². The molecular formula is C12H21NO5S. The number of carbonyl (C=O) groups excluding carboxylic acids is 1. The van der Waals surface area contributed by atoms with E-state index in [1.807, 2.05) is 0 Å². The largest absolute Gasteiger partial charge is 0.469 e. The number of esters is 1. The van der Waals surface area contributed by atoms with Gasteiger partial charge in [0.05, 0.1) is 24.4 Å². The molecule has 0 aromatic heterocycles. The van der Waals surface area contributed by atoms with Crippen molar-refractivity contribution >= 4 is 16.0 Å². The lowest BCUT2D eigenvalue weighted by Crippen LogP contribution is -2.48. The van der Waals surface area contributed by atoms with Gasteiger partial charge in [-0.1, -0.05) is 6.42 Å². The average Bonchev–Trinajstić information content (AvgIpc) is 2.87. The van der Waals surface area contributed by atoms with Gasteiger partial charge in [-0.05, 0) is 25.7 Å². The number of nitrogens with zero attached hydrogens (tertiary/aromatic N) is 1. The zero-order valence-electron chi connectivity index (χ0n) is 11.1. The van der Waals surface area contributed by atoms with Gasteiger partial charge in [0.25, 0.3) is 0 Å². The summed E-state index contributed by atoms with van der Waals surface area (Å²) in [5, 5.41) is 8.92. The van der Waals surface area contributed by atoms with Gasteiger partial charge < -0.3 is 9.84 Å². The summed E-state index contributed by atoms with van der Waals surface area (Å²) < 4.78 is 31.2. The van der Waals surface area contributed by atoms with Gasteiger partial charge in [0.15, 0.2) is 0 Å². The molecule has 2 aliphatic rings. The normalized spacial score (nSPS) is 33.3. The number of sulfonamides is 1. The predicted molar refractivity (Wildman–Crippen MR) is 68.9 cm³/mol. The van der Waals surface area contributed by atoms with Crippen LogP contribution in [0.5, 0.6) is 0 Å². The number of β-amino-alcohol motifs (C(OH)–C–C–N with tert-alkyl or cyclic N) is 1. The summed E-state index contributed by atoms with van der Waals surface area (Å²) >= 11 is 0. The molecule has 2 fully saturated rings. The maximum atomic E-state index is 12.6. The van der Waals surface area contributed by atoms with Gasteiger partial charge in [-0.3, -0.25) is 4.79 Å². The summed E-state index contributed by atoms with van der Waals surface area (Å²) in [6, 6.07) is 0. The summed E-state index contributed by atoms with van der Waals surface area (Å²) in [5.41, 5.74) is 0. The van der Waals surface area contributed by atoms with Gasteiger partial charge in [-0.15, -0.1) is 0 Å². The Balaban J connectivity index is 2.16. The molecule has 1 N–H and O–H groups in total. The SMILES string of the molecule is COC(=O)C1CCCC1S(=O)(=O)N1CCC[C@H](O)C1. The third-order valence-electron chi connectivity index (χ3n) is 4.06. The Kier molecular flexibility index (Phi) is 4.47. The highest BCUT2D eigenvalue weighted by Crippen LogP contribution is 2.34. The van der Waals surface area contributed by atoms with Gasteiger partial charge in [-0.25, -0.2) is 8.42 Å². The van der Waals surface area contributed by atoms with E-state index in [4.69, 9.17) is 4.74 Å². The Morgan fingerprint density at radius 3 is 2.63 bits per heavy atom. The Bertz CT molecular complexity index is 435. The Labute approximate surface area is 113 Å². The van der Waals surface area contributed by atoms with E-state index in [0.29, 0.717) is 32.2 Å². The number of rotatable bonds is 3. The molecule has 19 heavy (non-hydrogen) atoms. The van der Waals surface area contributed by atoms with Crippen LogP contribution in [0.1, 0.15) is 32.1 Å². The van der Waals surface area contributed by atoms with E-state index < -0.39 is 33.3 Å². The van der Waals surface area contributed by atoms with Crippen molar-refractivity contribution < 1.29 is 23.1 Å². The van der Waals surface area contributed by atoms with Crippen LogP contribution in [0.25, 0.3) is 0 Å². The van der Waals surface area contributed by atoms with Crippen molar-refractivity contribution in [3.05, 3.63) is 0 Å². The maximum absolute atomic E-state index is 12.6. The standard InChI is InChI=1S/C12H21NO5S/c1-18-12(15)10-5-2-6-11(10)19(16,17)13-7-3-4-9(14)8-13/h9-11,14H,2-8H2,1H3/t9-,10?,11?/m0/s1. The monoisotopic (exact) mass is 291 g/mol. The van der Waals surface area contributed by atoms with Crippen LogP contribution in [0.3, 0.4) is 0 Å². The number of ether oxygens (including phenoxy) is 1. The average molecular weight is 291 g/mol. The molecule has 1 saturated heterocycles. The molecule has 1 aliphatic heterocycles. The van der Waals surface area contributed by atoms with Crippen molar-refractivity contribution in [1.82, 2.24) is 4.31 Å². The summed E-state index contributed by atoms with van der Waals surface area (Å²) in [6.45, 7) is 0.580. The highest BCUT2D eigenvalue weighted by Gasteiger charge is 2.45. The minimum Gasteiger partial charge on any atom is -0.469 e. The third kappa shape index (κ3) is 2.93. The van der Waals surface area contributed by atoms with Crippen molar-refractivity contribution in [2.24, 2.45) is 5.92 Å². The van der Waals surface area contributed by atoms with E-state index in [2.05, 4.69) is 0 Å². The number of piperidine rings is 1. The molecule has 0 aromatic carbocycles. The molecule has 1 heterocycles. The van der Waals surface area contributed by atoms with Crippen LogP contribution >= 0.6 is 0 Å². The molecule has 2 unspecified atom stereocenters. The number of hydrogen-bond acceptors (Lipinski definition) is 5. The molecule has 0 aromatic rings. The second-order valence-electron chi connectivity index (χ2n) is 5.30. The molecule has 0 spiro atoms. The van der Waals surface area contributed by atoms with Gasteiger partial charge in [-0.2, -0.15) is 4.31 Å². The molecule has 7 heteroatoms. The summed E-state index contributed by atoms with van der Waals surface area (Å²) in [6.07, 6.45) is 2.48. The topological polar surface area (TPSA) is 83.9 Å². The Hall–Kier alpha value is -0.660.